The summed E-state index contributed by atoms with van der Waals surface area (Å²) < 4.78 is 26.1. The SMILES string of the molecule is Fc1ccc(CC(Nn2cncn2)c2ccc(F)cc2)cc1. The van der Waals surface area contributed by atoms with Gasteiger partial charge in [0.1, 0.15) is 24.3 Å². The molecule has 1 unspecified atom stereocenters. The fourth-order valence-corrected chi connectivity index (χ4v) is 2.22. The first-order valence-electron chi connectivity index (χ1n) is 6.82. The molecule has 0 bridgehead atoms. The van der Waals surface area contributed by atoms with Crippen LogP contribution in [0.3, 0.4) is 0 Å². The first-order chi connectivity index (χ1) is 10.7. The van der Waals surface area contributed by atoms with Crippen LogP contribution in [0.5, 0.6) is 0 Å². The topological polar surface area (TPSA) is 42.7 Å². The molecule has 0 aliphatic rings. The van der Waals surface area contributed by atoms with Gasteiger partial charge < -0.3 is 5.43 Å². The largest absolute Gasteiger partial charge is 0.301 e. The van der Waals surface area contributed by atoms with E-state index >= 15 is 0 Å². The van der Waals surface area contributed by atoms with Crippen LogP contribution in [0.1, 0.15) is 17.2 Å². The van der Waals surface area contributed by atoms with Crippen molar-refractivity contribution >= 4 is 0 Å². The Kier molecular flexibility index (Phi) is 4.09. The minimum absolute atomic E-state index is 0.146. The van der Waals surface area contributed by atoms with Gasteiger partial charge in [-0.15, -0.1) is 5.10 Å². The monoisotopic (exact) mass is 300 g/mol. The molecule has 3 aromatic rings. The Bertz CT molecular complexity index is 709. The van der Waals surface area contributed by atoms with Crippen molar-refractivity contribution < 1.29 is 8.78 Å². The summed E-state index contributed by atoms with van der Waals surface area (Å²) >= 11 is 0. The van der Waals surface area contributed by atoms with Crippen molar-refractivity contribution in [2.75, 3.05) is 5.43 Å². The number of rotatable bonds is 5. The van der Waals surface area contributed by atoms with Gasteiger partial charge in [-0.1, -0.05) is 24.3 Å². The predicted octanol–water partition coefficient (Wildman–Crippen LogP) is 3.08. The van der Waals surface area contributed by atoms with Gasteiger partial charge in [0.25, 0.3) is 0 Å². The minimum Gasteiger partial charge on any atom is -0.301 e. The van der Waals surface area contributed by atoms with Gasteiger partial charge >= 0.3 is 0 Å². The second-order valence-electron chi connectivity index (χ2n) is 4.90. The van der Waals surface area contributed by atoms with Crippen LogP contribution in [0.15, 0.2) is 61.2 Å². The Labute approximate surface area is 126 Å². The maximum Gasteiger partial charge on any atom is 0.139 e. The molecule has 0 spiro atoms. The third-order valence-electron chi connectivity index (χ3n) is 3.33. The Morgan fingerprint density at radius 2 is 1.59 bits per heavy atom. The van der Waals surface area contributed by atoms with Crippen molar-refractivity contribution in [3.05, 3.63) is 83.9 Å². The minimum atomic E-state index is -0.287. The van der Waals surface area contributed by atoms with Gasteiger partial charge in [0, 0.05) is 0 Å². The molecular formula is C16H14F2N4. The van der Waals surface area contributed by atoms with E-state index in [1.165, 1.54) is 35.4 Å². The molecular weight excluding hydrogens is 286 g/mol. The van der Waals surface area contributed by atoms with Gasteiger partial charge in [0.2, 0.25) is 0 Å². The zero-order valence-electron chi connectivity index (χ0n) is 11.7. The van der Waals surface area contributed by atoms with Crippen molar-refractivity contribution in [3.63, 3.8) is 0 Å². The molecule has 0 saturated heterocycles. The number of benzene rings is 2. The second kappa shape index (κ2) is 6.34. The highest BCUT2D eigenvalue weighted by Gasteiger charge is 2.13. The van der Waals surface area contributed by atoms with Crippen molar-refractivity contribution in [1.29, 1.82) is 0 Å². The zero-order chi connectivity index (χ0) is 15.4. The molecule has 0 saturated carbocycles. The van der Waals surface area contributed by atoms with Crippen LogP contribution in [0.25, 0.3) is 0 Å². The van der Waals surface area contributed by atoms with E-state index in [0.717, 1.165) is 11.1 Å². The molecule has 0 amide bonds. The summed E-state index contributed by atoms with van der Waals surface area (Å²) in [6, 6.07) is 12.4. The Morgan fingerprint density at radius 3 is 2.18 bits per heavy atom. The first-order valence-corrected chi connectivity index (χ1v) is 6.82. The molecule has 6 heteroatoms. The smallest absolute Gasteiger partial charge is 0.139 e. The average Bonchev–Trinajstić information content (AvgIpc) is 3.03. The first kappa shape index (κ1) is 14.2. The fraction of sp³-hybridized carbons (Fsp3) is 0.125. The van der Waals surface area contributed by atoms with Crippen LogP contribution < -0.4 is 5.43 Å². The number of nitrogens with zero attached hydrogens (tertiary/aromatic N) is 3. The third-order valence-corrected chi connectivity index (χ3v) is 3.33. The van der Waals surface area contributed by atoms with Crippen LogP contribution >= 0.6 is 0 Å². The summed E-state index contributed by atoms with van der Waals surface area (Å²) in [5.41, 5.74) is 5.05. The lowest BCUT2D eigenvalue weighted by Gasteiger charge is -2.20. The molecule has 1 aromatic heterocycles. The molecule has 0 radical (unpaired) electrons. The normalized spacial score (nSPS) is 12.1. The quantitative estimate of drug-likeness (QED) is 0.787. The van der Waals surface area contributed by atoms with Crippen LogP contribution in [0.2, 0.25) is 0 Å². The van der Waals surface area contributed by atoms with Gasteiger partial charge in [0.15, 0.2) is 0 Å². The second-order valence-corrected chi connectivity index (χ2v) is 4.90. The summed E-state index contributed by atoms with van der Waals surface area (Å²) in [6.07, 6.45) is 3.57. The van der Waals surface area contributed by atoms with Crippen LogP contribution in [-0.4, -0.2) is 14.9 Å². The van der Waals surface area contributed by atoms with Gasteiger partial charge in [-0.05, 0) is 41.8 Å². The van der Waals surface area contributed by atoms with E-state index in [-0.39, 0.29) is 17.7 Å². The molecule has 1 N–H and O–H groups in total. The number of halogens is 2. The molecule has 22 heavy (non-hydrogen) atoms. The van der Waals surface area contributed by atoms with Gasteiger partial charge in [-0.2, -0.15) is 4.79 Å². The maximum absolute atomic E-state index is 13.1. The molecule has 2 aromatic carbocycles. The van der Waals surface area contributed by atoms with Crippen LogP contribution in [0, 0.1) is 11.6 Å². The standard InChI is InChI=1S/C16H14F2N4/c17-14-5-1-12(2-6-14)9-16(21-22-11-19-10-20-22)13-3-7-15(18)8-4-13/h1-8,10-11,16,21H,9H2. The molecule has 1 atom stereocenters. The summed E-state index contributed by atoms with van der Waals surface area (Å²) in [6.45, 7) is 0. The van der Waals surface area contributed by atoms with E-state index < -0.39 is 0 Å². The van der Waals surface area contributed by atoms with E-state index in [9.17, 15) is 8.78 Å². The van der Waals surface area contributed by atoms with Crippen LogP contribution in [0.4, 0.5) is 8.78 Å². The number of nitrogens with one attached hydrogen (secondary N) is 1. The zero-order valence-corrected chi connectivity index (χ0v) is 11.7. The number of aromatic nitrogens is 3. The van der Waals surface area contributed by atoms with Crippen molar-refractivity contribution in [1.82, 2.24) is 14.9 Å². The van der Waals surface area contributed by atoms with E-state index in [1.54, 1.807) is 30.6 Å². The van der Waals surface area contributed by atoms with Gasteiger partial charge in [-0.3, -0.25) is 0 Å². The Morgan fingerprint density at radius 1 is 0.955 bits per heavy atom. The lowest BCUT2D eigenvalue weighted by atomic mass is 9.99. The van der Waals surface area contributed by atoms with Gasteiger partial charge in [-0.25, -0.2) is 13.8 Å². The van der Waals surface area contributed by atoms with E-state index in [2.05, 4.69) is 15.5 Å². The molecule has 0 fully saturated rings. The lowest BCUT2D eigenvalue weighted by Crippen LogP contribution is -2.23. The third kappa shape index (κ3) is 3.46. The number of hydrogen-bond acceptors (Lipinski definition) is 3. The van der Waals surface area contributed by atoms with Crippen molar-refractivity contribution in [2.24, 2.45) is 0 Å². The van der Waals surface area contributed by atoms with Crippen molar-refractivity contribution in [2.45, 2.75) is 12.5 Å². The summed E-state index contributed by atoms with van der Waals surface area (Å²) in [4.78, 5) is 5.38. The maximum atomic E-state index is 13.1. The summed E-state index contributed by atoms with van der Waals surface area (Å²) in [5.74, 6) is -0.559. The lowest BCUT2D eigenvalue weighted by molar-refractivity contribution is 0.606. The van der Waals surface area contributed by atoms with Crippen LogP contribution in [-0.2, 0) is 6.42 Å². The number of hydrogen-bond donors (Lipinski definition) is 1. The van der Waals surface area contributed by atoms with Gasteiger partial charge in [0.05, 0.1) is 6.04 Å². The molecule has 4 nitrogen and oxygen atoms in total. The highest BCUT2D eigenvalue weighted by atomic mass is 19.1. The average molecular weight is 300 g/mol. The molecule has 112 valence electrons. The van der Waals surface area contributed by atoms with E-state index in [1.807, 2.05) is 0 Å². The summed E-state index contributed by atoms with van der Waals surface area (Å²) in [7, 11) is 0. The van der Waals surface area contributed by atoms with E-state index in [4.69, 9.17) is 0 Å². The molecule has 0 aliphatic heterocycles. The van der Waals surface area contributed by atoms with E-state index in [0.29, 0.717) is 6.42 Å². The molecule has 1 heterocycles. The Hall–Kier alpha value is -2.76. The fourth-order valence-electron chi connectivity index (χ4n) is 2.22. The van der Waals surface area contributed by atoms with Crippen molar-refractivity contribution in [3.8, 4) is 0 Å². The Balaban J connectivity index is 1.84. The predicted molar refractivity (Wildman–Crippen MR) is 78.6 cm³/mol. The highest BCUT2D eigenvalue weighted by molar-refractivity contribution is 5.26. The summed E-state index contributed by atoms with van der Waals surface area (Å²) in [5, 5.41) is 4.02. The molecule has 3 rings (SSSR count). The highest BCUT2D eigenvalue weighted by Crippen LogP contribution is 2.20. The molecule has 0 aliphatic carbocycles.